The van der Waals surface area contributed by atoms with Crippen LogP contribution in [-0.2, 0) is 9.53 Å². The third kappa shape index (κ3) is 3.63. The number of carbonyl (C=O) groups is 1. The summed E-state index contributed by atoms with van der Waals surface area (Å²) in [5.41, 5.74) is 0. The van der Waals surface area contributed by atoms with Gasteiger partial charge in [-0.15, -0.1) is 11.8 Å². The Morgan fingerprint density at radius 3 is 2.67 bits per heavy atom. The Kier molecular flexibility index (Phi) is 4.75. The highest BCUT2D eigenvalue weighted by atomic mass is 32.2. The summed E-state index contributed by atoms with van der Waals surface area (Å²) in [5.74, 6) is 0.0523. The van der Waals surface area contributed by atoms with E-state index in [-0.39, 0.29) is 5.97 Å². The van der Waals surface area contributed by atoms with Crippen LogP contribution in [0.5, 0.6) is 0 Å². The maximum absolute atomic E-state index is 11.2. The van der Waals surface area contributed by atoms with Gasteiger partial charge in [0, 0.05) is 0 Å². The predicted octanol–water partition coefficient (Wildman–Crippen LogP) is 1.58. The number of carbonyl (C=O) groups excluding carboxylic acids is 1. The van der Waals surface area contributed by atoms with Crippen LogP contribution in [0.4, 0.5) is 0 Å². The van der Waals surface area contributed by atoms with E-state index in [0.717, 1.165) is 0 Å². The molecule has 0 saturated carbocycles. The van der Waals surface area contributed by atoms with Crippen molar-refractivity contribution in [1.29, 1.82) is 5.26 Å². The number of nitriles is 1. The molecule has 68 valence electrons. The van der Waals surface area contributed by atoms with Crippen molar-refractivity contribution in [3.05, 3.63) is 0 Å². The molecule has 0 N–H and O–H groups in total. The van der Waals surface area contributed by atoms with E-state index in [4.69, 9.17) is 10.00 Å². The number of esters is 1. The number of ether oxygens (including phenoxy) is 1. The molecule has 0 aliphatic rings. The van der Waals surface area contributed by atoms with Crippen LogP contribution < -0.4 is 0 Å². The van der Waals surface area contributed by atoms with E-state index in [2.05, 4.69) is 0 Å². The number of rotatable bonds is 4. The van der Waals surface area contributed by atoms with Crippen molar-refractivity contribution < 1.29 is 9.53 Å². The van der Waals surface area contributed by atoms with Gasteiger partial charge >= 0.3 is 5.97 Å². The highest BCUT2D eigenvalue weighted by Gasteiger charge is 2.29. The lowest BCUT2D eigenvalue weighted by Gasteiger charge is -2.19. The van der Waals surface area contributed by atoms with Crippen LogP contribution in [0.25, 0.3) is 0 Å². The molecular weight excluding hydrogens is 174 g/mol. The van der Waals surface area contributed by atoms with E-state index >= 15 is 0 Å². The fourth-order valence-corrected chi connectivity index (χ4v) is 1.18. The third-order valence-electron chi connectivity index (χ3n) is 1.26. The van der Waals surface area contributed by atoms with Crippen LogP contribution in [0.15, 0.2) is 0 Å². The largest absolute Gasteiger partial charge is 0.465 e. The zero-order valence-electron chi connectivity index (χ0n) is 7.59. The molecule has 0 saturated heterocycles. The lowest BCUT2D eigenvalue weighted by molar-refractivity contribution is -0.145. The van der Waals surface area contributed by atoms with Crippen molar-refractivity contribution in [2.75, 3.05) is 12.4 Å². The molecule has 0 fully saturated rings. The average Bonchev–Trinajstić information content (AvgIpc) is 2.01. The van der Waals surface area contributed by atoms with Crippen LogP contribution in [-0.4, -0.2) is 23.1 Å². The molecule has 0 amide bonds. The lowest BCUT2D eigenvalue weighted by atomic mass is 10.2. The van der Waals surface area contributed by atoms with Crippen molar-refractivity contribution in [3.8, 4) is 6.07 Å². The summed E-state index contributed by atoms with van der Waals surface area (Å²) in [6, 6.07) is 1.98. The molecule has 0 heterocycles. The Morgan fingerprint density at radius 2 is 2.25 bits per heavy atom. The van der Waals surface area contributed by atoms with Crippen molar-refractivity contribution in [1.82, 2.24) is 0 Å². The first-order chi connectivity index (χ1) is 5.54. The Bertz CT molecular complexity index is 196. The second-order valence-electron chi connectivity index (χ2n) is 2.68. The molecule has 0 aromatic rings. The van der Waals surface area contributed by atoms with Gasteiger partial charge in [0.2, 0.25) is 0 Å². The number of thioether (sulfide) groups is 1. The summed E-state index contributed by atoms with van der Waals surface area (Å²) in [6.07, 6.45) is 0. The van der Waals surface area contributed by atoms with Gasteiger partial charge in [-0.25, -0.2) is 0 Å². The van der Waals surface area contributed by atoms with Gasteiger partial charge in [0.25, 0.3) is 0 Å². The maximum Gasteiger partial charge on any atom is 0.321 e. The zero-order valence-corrected chi connectivity index (χ0v) is 8.40. The summed E-state index contributed by atoms with van der Waals surface area (Å²) < 4.78 is 4.23. The maximum atomic E-state index is 11.2. The summed E-state index contributed by atoms with van der Waals surface area (Å²) in [7, 11) is 0. The van der Waals surface area contributed by atoms with Crippen molar-refractivity contribution in [3.63, 3.8) is 0 Å². The highest BCUT2D eigenvalue weighted by Crippen LogP contribution is 2.25. The van der Waals surface area contributed by atoms with Crippen LogP contribution in [0.1, 0.15) is 20.8 Å². The molecule has 0 unspecified atom stereocenters. The fourth-order valence-electron chi connectivity index (χ4n) is 0.577. The molecule has 0 atom stereocenters. The van der Waals surface area contributed by atoms with E-state index in [1.165, 1.54) is 11.8 Å². The predicted molar refractivity (Wildman–Crippen MR) is 48.8 cm³/mol. The van der Waals surface area contributed by atoms with E-state index < -0.39 is 4.75 Å². The summed E-state index contributed by atoms with van der Waals surface area (Å²) in [4.78, 5) is 11.2. The molecule has 0 rings (SSSR count). The van der Waals surface area contributed by atoms with Gasteiger partial charge in [0.1, 0.15) is 4.75 Å². The minimum absolute atomic E-state index is 0.259. The van der Waals surface area contributed by atoms with Crippen LogP contribution >= 0.6 is 11.8 Å². The van der Waals surface area contributed by atoms with Crippen molar-refractivity contribution in [2.45, 2.75) is 25.5 Å². The summed E-state index contributed by atoms with van der Waals surface area (Å²) in [5, 5.41) is 8.32. The first-order valence-corrected chi connectivity index (χ1v) is 4.71. The molecule has 0 spiro atoms. The van der Waals surface area contributed by atoms with Gasteiger partial charge in [0.05, 0.1) is 18.4 Å². The second kappa shape index (κ2) is 5.04. The first-order valence-electron chi connectivity index (χ1n) is 3.72. The molecule has 3 nitrogen and oxygen atoms in total. The van der Waals surface area contributed by atoms with Gasteiger partial charge in [0.15, 0.2) is 0 Å². The quantitative estimate of drug-likeness (QED) is 0.627. The standard InChI is InChI=1S/C8H13NO2S/c1-4-11-7(10)8(2,3)12-6-5-9/h4,6H2,1-3H3. The van der Waals surface area contributed by atoms with Gasteiger partial charge in [-0.1, -0.05) is 0 Å². The number of nitrogens with zero attached hydrogens (tertiary/aromatic N) is 1. The Morgan fingerprint density at radius 1 is 1.67 bits per heavy atom. The molecular formula is C8H13NO2S. The lowest BCUT2D eigenvalue weighted by Crippen LogP contribution is -2.30. The van der Waals surface area contributed by atoms with E-state index in [0.29, 0.717) is 12.4 Å². The summed E-state index contributed by atoms with van der Waals surface area (Å²) >= 11 is 1.29. The number of hydrogen-bond acceptors (Lipinski definition) is 4. The van der Waals surface area contributed by atoms with Crippen LogP contribution in [0.2, 0.25) is 0 Å². The van der Waals surface area contributed by atoms with E-state index in [1.54, 1.807) is 20.8 Å². The van der Waals surface area contributed by atoms with E-state index in [1.807, 2.05) is 6.07 Å². The Labute approximate surface area is 77.1 Å². The number of hydrogen-bond donors (Lipinski definition) is 0. The fraction of sp³-hybridized carbons (Fsp3) is 0.750. The van der Waals surface area contributed by atoms with Gasteiger partial charge < -0.3 is 4.74 Å². The summed E-state index contributed by atoms with van der Waals surface area (Å²) in [6.45, 7) is 5.66. The first kappa shape index (κ1) is 11.3. The van der Waals surface area contributed by atoms with E-state index in [9.17, 15) is 4.79 Å². The van der Waals surface area contributed by atoms with Crippen LogP contribution in [0, 0.1) is 11.3 Å². The second-order valence-corrected chi connectivity index (χ2v) is 4.28. The molecule has 0 radical (unpaired) electrons. The Balaban J connectivity index is 4.01. The SMILES string of the molecule is CCOC(=O)C(C)(C)SCC#N. The monoisotopic (exact) mass is 187 g/mol. The van der Waals surface area contributed by atoms with Crippen molar-refractivity contribution in [2.24, 2.45) is 0 Å². The zero-order chi connectivity index (χ0) is 9.61. The van der Waals surface area contributed by atoms with Crippen LogP contribution in [0.3, 0.4) is 0 Å². The minimum Gasteiger partial charge on any atom is -0.465 e. The molecule has 0 aromatic heterocycles. The molecule has 0 aliphatic carbocycles. The van der Waals surface area contributed by atoms with Gasteiger partial charge in [-0.05, 0) is 20.8 Å². The normalized spacial score (nSPS) is 10.5. The molecule has 0 aromatic carbocycles. The topological polar surface area (TPSA) is 50.1 Å². The van der Waals surface area contributed by atoms with Gasteiger partial charge in [-0.3, -0.25) is 4.79 Å². The highest BCUT2D eigenvalue weighted by molar-refractivity contribution is 8.01. The molecule has 4 heteroatoms. The Hall–Kier alpha value is -0.690. The third-order valence-corrected chi connectivity index (χ3v) is 2.43. The van der Waals surface area contributed by atoms with Gasteiger partial charge in [-0.2, -0.15) is 5.26 Å². The van der Waals surface area contributed by atoms with Crippen molar-refractivity contribution >= 4 is 17.7 Å². The minimum atomic E-state index is -0.605. The molecule has 0 bridgehead atoms. The molecule has 12 heavy (non-hydrogen) atoms. The molecule has 0 aliphatic heterocycles. The smallest absolute Gasteiger partial charge is 0.321 e. The average molecular weight is 187 g/mol.